The molecule has 0 aliphatic heterocycles. The molecule has 118 valence electrons. The van der Waals surface area contributed by atoms with E-state index < -0.39 is 12.5 Å². The third-order valence-electron chi connectivity index (χ3n) is 3.55. The number of pyridine rings is 1. The molecule has 0 aromatic carbocycles. The number of halogens is 2. The minimum atomic E-state index is -1.12. The number of carbonyl (C=O) groups is 1. The number of allylic oxidation sites excluding steroid dienone is 1. The largest absolute Gasteiger partial charge is 0.385 e. The van der Waals surface area contributed by atoms with E-state index in [-0.39, 0.29) is 13.0 Å². The van der Waals surface area contributed by atoms with Gasteiger partial charge < -0.3 is 15.2 Å². The Kier molecular flexibility index (Phi) is 5.08. The Bertz CT molecular complexity index is 696. The number of H-pyrrole nitrogens is 1. The summed E-state index contributed by atoms with van der Waals surface area (Å²) >= 11 is 0. The van der Waals surface area contributed by atoms with Crippen molar-refractivity contribution in [1.29, 1.82) is 0 Å². The van der Waals surface area contributed by atoms with E-state index in [1.807, 2.05) is 6.07 Å². The maximum atomic E-state index is 13.2. The Morgan fingerprint density at radius 3 is 2.95 bits per heavy atom. The molecule has 2 rings (SSSR count). The van der Waals surface area contributed by atoms with Crippen LogP contribution in [0.3, 0.4) is 0 Å². The van der Waals surface area contributed by atoms with Gasteiger partial charge in [-0.3, -0.25) is 4.79 Å². The molecular formula is C15H18F2N4O. The molecule has 0 saturated carbocycles. The van der Waals surface area contributed by atoms with Crippen molar-refractivity contribution in [2.45, 2.75) is 13.3 Å². The third kappa shape index (κ3) is 3.08. The second-order valence-electron chi connectivity index (χ2n) is 4.88. The van der Waals surface area contributed by atoms with Gasteiger partial charge in [-0.25, -0.2) is 13.8 Å². The molecule has 0 atom stereocenters. The first-order valence-corrected chi connectivity index (χ1v) is 6.88. The number of nitrogens with one attached hydrogen (secondary N) is 2. The van der Waals surface area contributed by atoms with Crippen LogP contribution >= 0.6 is 0 Å². The minimum absolute atomic E-state index is 0.252. The minimum Gasteiger partial charge on any atom is -0.385 e. The van der Waals surface area contributed by atoms with Crippen LogP contribution in [0.15, 0.2) is 29.9 Å². The third-order valence-corrected chi connectivity index (χ3v) is 3.55. The van der Waals surface area contributed by atoms with Gasteiger partial charge >= 0.3 is 0 Å². The molecule has 2 heterocycles. The Hall–Kier alpha value is -2.44. The van der Waals surface area contributed by atoms with E-state index in [0.29, 0.717) is 29.0 Å². The van der Waals surface area contributed by atoms with Crippen molar-refractivity contribution in [1.82, 2.24) is 9.97 Å². The molecule has 5 nitrogen and oxygen atoms in total. The Morgan fingerprint density at radius 2 is 2.32 bits per heavy atom. The number of rotatable bonds is 7. The molecule has 0 unspecified atom stereocenters. The van der Waals surface area contributed by atoms with Crippen LogP contribution in [0.25, 0.3) is 11.0 Å². The van der Waals surface area contributed by atoms with Gasteiger partial charge in [-0.15, -0.1) is 0 Å². The van der Waals surface area contributed by atoms with Gasteiger partial charge in [-0.05, 0) is 25.0 Å². The summed E-state index contributed by atoms with van der Waals surface area (Å²) in [5.41, 5.74) is 2.31. The Labute approximate surface area is 127 Å². The second-order valence-corrected chi connectivity index (χ2v) is 4.88. The number of aromatic amines is 1. The lowest BCUT2D eigenvalue weighted by Crippen LogP contribution is -2.24. The van der Waals surface area contributed by atoms with Gasteiger partial charge in [0.15, 0.2) is 0 Å². The summed E-state index contributed by atoms with van der Waals surface area (Å²) in [7, 11) is 1.73. The van der Waals surface area contributed by atoms with Gasteiger partial charge in [-0.2, -0.15) is 0 Å². The lowest BCUT2D eigenvalue weighted by molar-refractivity contribution is -0.107. The maximum absolute atomic E-state index is 13.2. The topological polar surface area (TPSA) is 61.0 Å². The predicted molar refractivity (Wildman–Crippen MR) is 83.5 cm³/mol. The van der Waals surface area contributed by atoms with E-state index in [4.69, 9.17) is 0 Å². The summed E-state index contributed by atoms with van der Waals surface area (Å²) in [6, 6.07) is 1.82. The highest BCUT2D eigenvalue weighted by atomic mass is 19.2. The number of nitrogens with zero attached hydrogens (tertiary/aromatic N) is 2. The van der Waals surface area contributed by atoms with E-state index in [1.54, 1.807) is 19.4 Å². The van der Waals surface area contributed by atoms with Crippen molar-refractivity contribution in [3.63, 3.8) is 0 Å². The molecule has 7 heteroatoms. The zero-order valence-corrected chi connectivity index (χ0v) is 12.5. The van der Waals surface area contributed by atoms with Gasteiger partial charge in [0.25, 0.3) is 0 Å². The molecule has 1 amide bonds. The lowest BCUT2D eigenvalue weighted by atomic mass is 10.1. The van der Waals surface area contributed by atoms with Gasteiger partial charge in [0.2, 0.25) is 6.41 Å². The fourth-order valence-corrected chi connectivity index (χ4v) is 2.24. The number of hydrogen-bond donors (Lipinski definition) is 2. The summed E-state index contributed by atoms with van der Waals surface area (Å²) in [6.07, 6.45) is 4.29. The maximum Gasteiger partial charge on any atom is 0.214 e. The zero-order chi connectivity index (χ0) is 16.1. The van der Waals surface area contributed by atoms with Crippen molar-refractivity contribution < 1.29 is 13.6 Å². The standard InChI is InChI=1S/C15H18F2N4O/c1-10(12(17)7-16)4-6-21(9-22)14-11-3-5-19-15(11)20-8-13(14)18-2/h3,5,8-9,18H,4,6-7H2,1-2H3,(H,19,20). The summed E-state index contributed by atoms with van der Waals surface area (Å²) in [5, 5.41) is 3.77. The first kappa shape index (κ1) is 15.9. The normalized spacial score (nSPS) is 12.2. The number of anilines is 2. The molecule has 0 aliphatic rings. The molecule has 0 spiro atoms. The first-order chi connectivity index (χ1) is 10.6. The zero-order valence-electron chi connectivity index (χ0n) is 12.5. The van der Waals surface area contributed by atoms with Gasteiger partial charge in [0, 0.05) is 25.2 Å². The average molecular weight is 308 g/mol. The number of aromatic nitrogens is 2. The van der Waals surface area contributed by atoms with Crippen molar-refractivity contribution >= 4 is 28.8 Å². The highest BCUT2D eigenvalue weighted by Crippen LogP contribution is 2.32. The molecule has 0 radical (unpaired) electrons. The van der Waals surface area contributed by atoms with Crippen LogP contribution in [0.5, 0.6) is 0 Å². The molecule has 0 bridgehead atoms. The van der Waals surface area contributed by atoms with Crippen LogP contribution in [0.4, 0.5) is 20.2 Å². The monoisotopic (exact) mass is 308 g/mol. The van der Waals surface area contributed by atoms with Crippen LogP contribution in [0.1, 0.15) is 13.3 Å². The van der Waals surface area contributed by atoms with E-state index >= 15 is 0 Å². The van der Waals surface area contributed by atoms with Crippen molar-refractivity contribution in [3.05, 3.63) is 29.9 Å². The smallest absolute Gasteiger partial charge is 0.214 e. The Morgan fingerprint density at radius 1 is 1.55 bits per heavy atom. The highest BCUT2D eigenvalue weighted by molar-refractivity contribution is 6.01. The van der Waals surface area contributed by atoms with Crippen LogP contribution < -0.4 is 10.2 Å². The first-order valence-electron chi connectivity index (χ1n) is 6.88. The number of fused-ring (bicyclic) bond motifs is 1. The SMILES string of the molecule is CNc1cnc2[nH]ccc2c1N(C=O)CCC(C)=C(F)CF. The number of carbonyl (C=O) groups excluding carboxylic acids is 1. The summed E-state index contributed by atoms with van der Waals surface area (Å²) < 4.78 is 25.5. The molecular weight excluding hydrogens is 290 g/mol. The van der Waals surface area contributed by atoms with E-state index in [0.717, 1.165) is 5.39 Å². The number of alkyl halides is 1. The van der Waals surface area contributed by atoms with Crippen LogP contribution in [-0.4, -0.2) is 36.6 Å². The lowest BCUT2D eigenvalue weighted by Gasteiger charge is -2.21. The van der Waals surface area contributed by atoms with E-state index in [9.17, 15) is 13.6 Å². The molecule has 0 saturated heterocycles. The van der Waals surface area contributed by atoms with Crippen LogP contribution in [-0.2, 0) is 4.79 Å². The second kappa shape index (κ2) is 7.02. The number of hydrogen-bond acceptors (Lipinski definition) is 3. The molecule has 22 heavy (non-hydrogen) atoms. The van der Waals surface area contributed by atoms with Crippen molar-refractivity contribution in [2.24, 2.45) is 0 Å². The molecule has 2 N–H and O–H groups in total. The summed E-state index contributed by atoms with van der Waals surface area (Å²) in [4.78, 5) is 20.2. The fraction of sp³-hybridized carbons (Fsp3) is 0.333. The van der Waals surface area contributed by atoms with Crippen molar-refractivity contribution in [2.75, 3.05) is 30.5 Å². The van der Waals surface area contributed by atoms with Crippen LogP contribution in [0, 0.1) is 0 Å². The fourth-order valence-electron chi connectivity index (χ4n) is 2.24. The van der Waals surface area contributed by atoms with Crippen molar-refractivity contribution in [3.8, 4) is 0 Å². The molecule has 0 aliphatic carbocycles. The summed E-state index contributed by atoms with van der Waals surface area (Å²) in [5.74, 6) is -0.777. The van der Waals surface area contributed by atoms with Crippen LogP contribution in [0.2, 0.25) is 0 Å². The predicted octanol–water partition coefficient (Wildman–Crippen LogP) is 3.17. The quantitative estimate of drug-likeness (QED) is 0.772. The molecule has 2 aromatic rings. The van der Waals surface area contributed by atoms with Gasteiger partial charge in [-0.1, -0.05) is 0 Å². The average Bonchev–Trinajstić information content (AvgIpc) is 3.02. The van der Waals surface area contributed by atoms with E-state index in [1.165, 1.54) is 11.8 Å². The Balaban J connectivity index is 2.35. The highest BCUT2D eigenvalue weighted by Gasteiger charge is 2.16. The molecule has 0 fully saturated rings. The van der Waals surface area contributed by atoms with Gasteiger partial charge in [0.1, 0.15) is 18.1 Å². The summed E-state index contributed by atoms with van der Waals surface area (Å²) in [6.45, 7) is 0.656. The van der Waals surface area contributed by atoms with E-state index in [2.05, 4.69) is 15.3 Å². The van der Waals surface area contributed by atoms with Gasteiger partial charge in [0.05, 0.1) is 17.6 Å². The number of amides is 1. The molecule has 2 aromatic heterocycles.